The Hall–Kier alpha value is -0.680. The smallest absolute Gasteiger partial charge is 0.208 e. The summed E-state index contributed by atoms with van der Waals surface area (Å²) in [4.78, 5) is 4.03. The van der Waals surface area contributed by atoms with Crippen molar-refractivity contribution in [2.75, 3.05) is 6.26 Å². The zero-order chi connectivity index (χ0) is 8.27. The van der Waals surface area contributed by atoms with Crippen molar-refractivity contribution in [2.45, 2.75) is 18.1 Å². The van der Waals surface area contributed by atoms with Crippen LogP contribution < -0.4 is 5.73 Å². The fraction of sp³-hybridized carbons (Fsp3) is 0.500. The first-order valence-corrected chi connectivity index (χ1v) is 4.45. The average molecular weight is 170 g/mol. The number of hydrogen-bond acceptors (Lipinski definition) is 5. The van der Waals surface area contributed by atoms with Crippen LogP contribution in [0, 0.1) is 0 Å². The molecule has 5 heteroatoms. The summed E-state index contributed by atoms with van der Waals surface area (Å²) in [6, 6.07) is -0.0918. The third kappa shape index (κ3) is 2.13. The van der Waals surface area contributed by atoms with Crippen molar-refractivity contribution in [2.24, 2.45) is 5.73 Å². The minimum atomic E-state index is -0.0918. The van der Waals surface area contributed by atoms with E-state index in [0.717, 1.165) is 5.69 Å². The van der Waals surface area contributed by atoms with Crippen LogP contribution in [0.3, 0.4) is 0 Å². The third-order valence-corrected chi connectivity index (χ3v) is 1.76. The first-order chi connectivity index (χ1) is 5.24. The highest BCUT2D eigenvalue weighted by atomic mass is 32.2. The van der Waals surface area contributed by atoms with Crippen LogP contribution in [0.5, 0.6) is 0 Å². The highest BCUT2D eigenvalue weighted by molar-refractivity contribution is 7.98. The molecule has 0 bridgehead atoms. The van der Waals surface area contributed by atoms with Crippen molar-refractivity contribution < 1.29 is 0 Å². The van der Waals surface area contributed by atoms with Gasteiger partial charge in [-0.2, -0.15) is 0 Å². The summed E-state index contributed by atoms with van der Waals surface area (Å²) < 4.78 is 0. The van der Waals surface area contributed by atoms with Gasteiger partial charge in [-0.3, -0.25) is 0 Å². The summed E-state index contributed by atoms with van der Waals surface area (Å²) >= 11 is 1.46. The molecule has 0 aliphatic carbocycles. The highest BCUT2D eigenvalue weighted by Gasteiger charge is 2.01. The summed E-state index contributed by atoms with van der Waals surface area (Å²) in [7, 11) is 0. The Balaban J connectivity index is 2.83. The molecule has 2 N–H and O–H groups in total. The number of nitrogens with zero attached hydrogens (tertiary/aromatic N) is 3. The summed E-state index contributed by atoms with van der Waals surface area (Å²) in [6.45, 7) is 1.85. The largest absolute Gasteiger partial charge is 0.323 e. The van der Waals surface area contributed by atoms with Crippen LogP contribution in [0.2, 0.25) is 0 Å². The molecule has 60 valence electrons. The molecule has 0 amide bonds. The zero-order valence-corrected chi connectivity index (χ0v) is 7.30. The number of rotatable bonds is 2. The van der Waals surface area contributed by atoms with E-state index in [-0.39, 0.29) is 6.04 Å². The number of nitrogens with two attached hydrogens (primary N) is 1. The molecule has 1 heterocycles. The molecular formula is C6H10N4S. The van der Waals surface area contributed by atoms with E-state index in [1.165, 1.54) is 11.8 Å². The Labute approximate surface area is 69.6 Å². The van der Waals surface area contributed by atoms with Crippen LogP contribution in [-0.2, 0) is 0 Å². The van der Waals surface area contributed by atoms with Gasteiger partial charge < -0.3 is 5.73 Å². The number of aromatic nitrogens is 3. The first-order valence-electron chi connectivity index (χ1n) is 3.23. The van der Waals surface area contributed by atoms with Gasteiger partial charge in [-0.15, -0.1) is 10.2 Å². The van der Waals surface area contributed by atoms with E-state index >= 15 is 0 Å². The molecule has 0 radical (unpaired) electrons. The predicted molar refractivity (Wildman–Crippen MR) is 44.2 cm³/mol. The normalized spacial score (nSPS) is 13.0. The lowest BCUT2D eigenvalue weighted by atomic mass is 10.3. The van der Waals surface area contributed by atoms with Gasteiger partial charge in [0.25, 0.3) is 0 Å². The van der Waals surface area contributed by atoms with Gasteiger partial charge in [-0.1, -0.05) is 11.8 Å². The summed E-state index contributed by atoms with van der Waals surface area (Å²) in [5.74, 6) is 0. The lowest BCUT2D eigenvalue weighted by Gasteiger charge is -2.01. The van der Waals surface area contributed by atoms with Crippen LogP contribution in [0.4, 0.5) is 0 Å². The molecule has 0 saturated carbocycles. The van der Waals surface area contributed by atoms with E-state index in [1.807, 2.05) is 13.2 Å². The molecule has 1 atom stereocenters. The highest BCUT2D eigenvalue weighted by Crippen LogP contribution is 2.07. The minimum absolute atomic E-state index is 0.0918. The Morgan fingerprint density at radius 1 is 1.55 bits per heavy atom. The third-order valence-electron chi connectivity index (χ3n) is 1.21. The zero-order valence-electron chi connectivity index (χ0n) is 6.48. The van der Waals surface area contributed by atoms with Crippen LogP contribution in [-0.4, -0.2) is 21.4 Å². The lowest BCUT2D eigenvalue weighted by molar-refractivity contribution is 0.705. The van der Waals surface area contributed by atoms with Crippen molar-refractivity contribution in [3.8, 4) is 0 Å². The molecule has 0 aliphatic heterocycles. The molecule has 0 aromatic carbocycles. The molecule has 1 aromatic rings. The maximum absolute atomic E-state index is 5.56. The van der Waals surface area contributed by atoms with Crippen molar-refractivity contribution in [3.63, 3.8) is 0 Å². The van der Waals surface area contributed by atoms with E-state index in [1.54, 1.807) is 6.20 Å². The summed E-state index contributed by atoms with van der Waals surface area (Å²) in [5, 5.41) is 8.41. The van der Waals surface area contributed by atoms with Crippen LogP contribution in [0.15, 0.2) is 11.4 Å². The van der Waals surface area contributed by atoms with E-state index in [4.69, 9.17) is 5.73 Å². The molecule has 0 saturated heterocycles. The van der Waals surface area contributed by atoms with Gasteiger partial charge in [0.1, 0.15) is 0 Å². The fourth-order valence-corrected chi connectivity index (χ4v) is 0.856. The van der Waals surface area contributed by atoms with E-state index in [0.29, 0.717) is 5.16 Å². The Morgan fingerprint density at radius 2 is 2.27 bits per heavy atom. The van der Waals surface area contributed by atoms with E-state index < -0.39 is 0 Å². The quantitative estimate of drug-likeness (QED) is 0.659. The van der Waals surface area contributed by atoms with Gasteiger partial charge in [0, 0.05) is 6.04 Å². The van der Waals surface area contributed by atoms with E-state index in [9.17, 15) is 0 Å². The minimum Gasteiger partial charge on any atom is -0.323 e. The van der Waals surface area contributed by atoms with Gasteiger partial charge in [-0.05, 0) is 13.2 Å². The molecule has 11 heavy (non-hydrogen) atoms. The van der Waals surface area contributed by atoms with Crippen molar-refractivity contribution in [1.29, 1.82) is 0 Å². The molecule has 1 aromatic heterocycles. The predicted octanol–water partition coefficient (Wildman–Crippen LogP) is 0.613. The Kier molecular flexibility index (Phi) is 2.78. The van der Waals surface area contributed by atoms with Crippen LogP contribution >= 0.6 is 11.8 Å². The average Bonchev–Trinajstić information content (AvgIpc) is 2.05. The topological polar surface area (TPSA) is 64.7 Å². The second-order valence-corrected chi connectivity index (χ2v) is 2.93. The van der Waals surface area contributed by atoms with Gasteiger partial charge in [0.15, 0.2) is 0 Å². The Morgan fingerprint density at radius 3 is 2.64 bits per heavy atom. The van der Waals surface area contributed by atoms with Crippen molar-refractivity contribution >= 4 is 11.8 Å². The van der Waals surface area contributed by atoms with Gasteiger partial charge in [0.05, 0.1) is 11.9 Å². The van der Waals surface area contributed by atoms with Gasteiger partial charge in [0.2, 0.25) is 5.16 Å². The molecule has 0 unspecified atom stereocenters. The SMILES string of the molecule is CSc1ncc([C@@H](C)N)nn1. The maximum atomic E-state index is 5.56. The first kappa shape index (κ1) is 8.42. The second-order valence-electron chi connectivity index (χ2n) is 2.16. The lowest BCUT2D eigenvalue weighted by Crippen LogP contribution is -2.09. The van der Waals surface area contributed by atoms with Crippen molar-refractivity contribution in [3.05, 3.63) is 11.9 Å². The Bertz CT molecular complexity index is 221. The standard InChI is InChI=1S/C6H10N4S/c1-4(7)5-3-8-6(11-2)10-9-5/h3-4H,7H2,1-2H3/t4-/m1/s1. The molecule has 0 fully saturated rings. The summed E-state index contributed by atoms with van der Waals surface area (Å²) in [5.41, 5.74) is 6.28. The maximum Gasteiger partial charge on any atom is 0.208 e. The molecule has 4 nitrogen and oxygen atoms in total. The number of hydrogen-bond donors (Lipinski definition) is 1. The van der Waals surface area contributed by atoms with Gasteiger partial charge in [-0.25, -0.2) is 4.98 Å². The number of thioether (sulfide) groups is 1. The molecular weight excluding hydrogens is 160 g/mol. The molecule has 0 spiro atoms. The van der Waals surface area contributed by atoms with E-state index in [2.05, 4.69) is 15.2 Å². The fourth-order valence-electron chi connectivity index (χ4n) is 0.576. The molecule has 1 rings (SSSR count). The van der Waals surface area contributed by atoms with Crippen molar-refractivity contribution in [1.82, 2.24) is 15.2 Å². The van der Waals surface area contributed by atoms with Crippen LogP contribution in [0.1, 0.15) is 18.7 Å². The second kappa shape index (κ2) is 3.64. The monoisotopic (exact) mass is 170 g/mol. The van der Waals surface area contributed by atoms with Gasteiger partial charge >= 0.3 is 0 Å². The summed E-state index contributed by atoms with van der Waals surface area (Å²) in [6.07, 6.45) is 3.56. The molecule has 0 aliphatic rings. The van der Waals surface area contributed by atoms with Crippen LogP contribution in [0.25, 0.3) is 0 Å².